The van der Waals surface area contributed by atoms with Gasteiger partial charge in [0.05, 0.1) is 58.4 Å². The first-order chi connectivity index (χ1) is 28.2. The second-order valence-corrected chi connectivity index (χ2v) is 16.6. The third kappa shape index (κ3) is 9.62. The van der Waals surface area contributed by atoms with Crippen molar-refractivity contribution in [1.82, 2.24) is 24.2 Å². The van der Waals surface area contributed by atoms with Crippen molar-refractivity contribution in [3.63, 3.8) is 0 Å². The molecule has 1 fully saturated rings. The minimum Gasteiger partial charge on any atom is -0.497 e. The first-order valence-corrected chi connectivity index (χ1v) is 21.4. The van der Waals surface area contributed by atoms with Gasteiger partial charge in [-0.15, -0.1) is 11.8 Å². The van der Waals surface area contributed by atoms with Gasteiger partial charge in [-0.25, -0.2) is 19.6 Å². The third-order valence-corrected chi connectivity index (χ3v) is 12.9. The molecule has 0 saturated carbocycles. The molecular formula is C43H50N7O6PS. The van der Waals surface area contributed by atoms with E-state index in [1.54, 1.807) is 20.5 Å². The summed E-state index contributed by atoms with van der Waals surface area (Å²) in [7, 11) is 1.68. The minimum atomic E-state index is -1.62. The van der Waals surface area contributed by atoms with Gasteiger partial charge in [-0.05, 0) is 68.7 Å². The maximum Gasteiger partial charge on any atom is 0.259 e. The van der Waals surface area contributed by atoms with E-state index in [1.165, 1.54) is 18.1 Å². The first kappa shape index (κ1) is 43.0. The number of imidazole rings is 1. The van der Waals surface area contributed by atoms with Gasteiger partial charge in [-0.1, -0.05) is 54.6 Å². The fourth-order valence-corrected chi connectivity index (χ4v) is 9.71. The van der Waals surface area contributed by atoms with Crippen LogP contribution in [0.5, 0.6) is 11.5 Å². The highest BCUT2D eigenvalue weighted by atomic mass is 32.2. The van der Waals surface area contributed by atoms with Crippen LogP contribution in [0, 0.1) is 22.7 Å². The molecule has 0 N–H and O–H groups in total. The van der Waals surface area contributed by atoms with E-state index in [2.05, 4.69) is 66.6 Å². The van der Waals surface area contributed by atoms with Gasteiger partial charge >= 0.3 is 0 Å². The molecule has 2 aromatic heterocycles. The number of nitriles is 2. The van der Waals surface area contributed by atoms with E-state index in [0.29, 0.717) is 34.8 Å². The Labute approximate surface area is 346 Å². The van der Waals surface area contributed by atoms with E-state index in [-0.39, 0.29) is 31.7 Å². The molecular weight excluding hydrogens is 774 g/mol. The molecule has 15 heteroatoms. The smallest absolute Gasteiger partial charge is 0.259 e. The van der Waals surface area contributed by atoms with Crippen LogP contribution in [0.2, 0.25) is 0 Å². The zero-order valence-corrected chi connectivity index (χ0v) is 35.4. The molecule has 0 bridgehead atoms. The average Bonchev–Trinajstić information content (AvgIpc) is 3.86. The molecule has 6 rings (SSSR count). The van der Waals surface area contributed by atoms with E-state index < -0.39 is 32.6 Å². The van der Waals surface area contributed by atoms with E-state index >= 15 is 0 Å². The van der Waals surface area contributed by atoms with E-state index in [0.717, 1.165) is 28.2 Å². The molecule has 1 saturated heterocycles. The van der Waals surface area contributed by atoms with Gasteiger partial charge in [0.1, 0.15) is 46.3 Å². The third-order valence-electron chi connectivity index (χ3n) is 9.79. The monoisotopic (exact) mass is 823 g/mol. The summed E-state index contributed by atoms with van der Waals surface area (Å²) in [6.45, 7) is 8.81. The predicted molar refractivity (Wildman–Crippen MR) is 223 cm³/mol. The van der Waals surface area contributed by atoms with Gasteiger partial charge in [-0.2, -0.15) is 10.5 Å². The summed E-state index contributed by atoms with van der Waals surface area (Å²) in [5, 5.41) is 19.2. The molecule has 0 aliphatic carbocycles. The number of benzene rings is 3. The number of nitrogens with zero attached hydrogens (tertiary/aromatic N) is 7. The molecule has 0 amide bonds. The Hall–Kier alpha value is -4.63. The predicted octanol–water partition coefficient (Wildman–Crippen LogP) is 8.81. The number of hydrogen-bond donors (Lipinski definition) is 0. The lowest BCUT2D eigenvalue weighted by atomic mass is 9.80. The number of ether oxygens (including phenoxy) is 4. The van der Waals surface area contributed by atoms with Crippen LogP contribution in [0.1, 0.15) is 69.9 Å². The van der Waals surface area contributed by atoms with Gasteiger partial charge in [0.15, 0.2) is 5.65 Å². The van der Waals surface area contributed by atoms with Crippen molar-refractivity contribution in [2.75, 3.05) is 33.2 Å². The Kier molecular flexibility index (Phi) is 15.1. The number of thioether (sulfide) groups is 1. The van der Waals surface area contributed by atoms with Crippen molar-refractivity contribution >= 4 is 31.5 Å². The molecule has 4 atom stereocenters. The SMILES string of the molecule is COc1ccc(C(OC[C@H]2O[C@@H](n3cnc4c(SCCC#N)ncnc43)C[C@@H]2OP(OCCC#N)N(C(C)C)C(C)C)(c2ccccc2)c2ccc(OC)cc2)cc1. The Morgan fingerprint density at radius 3 is 2.07 bits per heavy atom. The van der Waals surface area contributed by atoms with Crippen LogP contribution >= 0.6 is 20.3 Å². The molecule has 58 heavy (non-hydrogen) atoms. The quantitative estimate of drug-likeness (QED) is 0.0242. The topological polar surface area (TPSA) is 150 Å². The fourth-order valence-electron chi connectivity index (χ4n) is 7.16. The fraction of sp³-hybridized carbons (Fsp3) is 0.419. The molecule has 3 aromatic carbocycles. The molecule has 3 heterocycles. The summed E-state index contributed by atoms with van der Waals surface area (Å²) >= 11 is 1.47. The van der Waals surface area contributed by atoms with Gasteiger partial charge in [0.2, 0.25) is 0 Å². The number of hydrogen-bond acceptors (Lipinski definition) is 13. The minimum absolute atomic E-state index is 0.100. The number of rotatable bonds is 20. The lowest BCUT2D eigenvalue weighted by Gasteiger charge is -2.39. The Balaban J connectivity index is 1.42. The summed E-state index contributed by atoms with van der Waals surface area (Å²) in [6.07, 6.45) is 2.71. The van der Waals surface area contributed by atoms with Crippen LogP contribution in [0.25, 0.3) is 11.2 Å². The molecule has 0 spiro atoms. The van der Waals surface area contributed by atoms with Crippen molar-refractivity contribution in [2.24, 2.45) is 0 Å². The standard InChI is InChI=1S/C43H50N7O6PS/c1-30(2)50(31(3)4)57(54-24-10-22-44)56-37-26-39(49-29-48-40-41(49)46-28-47-42(40)58-25-11-23-45)55-38(37)27-53-43(32-12-8-7-9-13-32,33-14-18-35(51-5)19-15-33)34-16-20-36(52-6)21-17-34/h7-9,12-21,28-31,37-39H,10-11,24-27H2,1-6H3/t37-,38+,39+,57?/m0/s1. The molecule has 1 unspecified atom stereocenters. The van der Waals surface area contributed by atoms with Crippen molar-refractivity contribution < 1.29 is 28.0 Å². The summed E-state index contributed by atoms with van der Waals surface area (Å²) in [5.74, 6) is 2.04. The lowest BCUT2D eigenvalue weighted by molar-refractivity contribution is -0.0912. The van der Waals surface area contributed by atoms with E-state index in [9.17, 15) is 5.26 Å². The molecule has 304 valence electrons. The van der Waals surface area contributed by atoms with E-state index in [4.69, 9.17) is 38.2 Å². The number of fused-ring (bicyclic) bond motifs is 1. The van der Waals surface area contributed by atoms with Crippen LogP contribution in [-0.2, 0) is 24.1 Å². The summed E-state index contributed by atoms with van der Waals surface area (Å²) in [6, 6.07) is 30.6. The zero-order valence-electron chi connectivity index (χ0n) is 33.7. The van der Waals surface area contributed by atoms with Crippen molar-refractivity contribution in [1.29, 1.82) is 10.5 Å². The molecule has 5 aromatic rings. The lowest BCUT2D eigenvalue weighted by Crippen LogP contribution is -2.39. The Bertz CT molecular complexity index is 2090. The van der Waals surface area contributed by atoms with Gasteiger partial charge in [0.25, 0.3) is 8.53 Å². The second kappa shape index (κ2) is 20.4. The van der Waals surface area contributed by atoms with Crippen LogP contribution in [-0.4, -0.2) is 81.7 Å². The van der Waals surface area contributed by atoms with Gasteiger partial charge in [-0.3, -0.25) is 4.57 Å². The summed E-state index contributed by atoms with van der Waals surface area (Å²) in [5.41, 5.74) is 2.87. The summed E-state index contributed by atoms with van der Waals surface area (Å²) < 4.78 is 43.0. The van der Waals surface area contributed by atoms with Crippen LogP contribution in [0.4, 0.5) is 0 Å². The number of methoxy groups -OCH3 is 2. The van der Waals surface area contributed by atoms with Crippen LogP contribution in [0.3, 0.4) is 0 Å². The molecule has 0 radical (unpaired) electrons. The average molecular weight is 824 g/mol. The first-order valence-electron chi connectivity index (χ1n) is 19.3. The highest BCUT2D eigenvalue weighted by Gasteiger charge is 2.45. The van der Waals surface area contributed by atoms with Crippen LogP contribution < -0.4 is 9.47 Å². The van der Waals surface area contributed by atoms with Gasteiger partial charge in [0, 0.05) is 30.7 Å². The molecule has 13 nitrogen and oxygen atoms in total. The summed E-state index contributed by atoms with van der Waals surface area (Å²) in [4.78, 5) is 13.8. The highest BCUT2D eigenvalue weighted by molar-refractivity contribution is 7.99. The van der Waals surface area contributed by atoms with Crippen molar-refractivity contribution in [2.45, 2.75) is 88.1 Å². The Morgan fingerprint density at radius 1 is 0.862 bits per heavy atom. The molecule has 1 aliphatic heterocycles. The number of aromatic nitrogens is 4. The maximum atomic E-state index is 9.39. The second-order valence-electron chi connectivity index (χ2n) is 14.1. The Morgan fingerprint density at radius 2 is 1.48 bits per heavy atom. The van der Waals surface area contributed by atoms with Gasteiger partial charge < -0.3 is 28.0 Å². The van der Waals surface area contributed by atoms with E-state index in [1.807, 2.05) is 71.3 Å². The normalized spacial score (nSPS) is 17.5. The maximum absolute atomic E-state index is 9.39. The zero-order chi connectivity index (χ0) is 41.1. The highest BCUT2D eigenvalue weighted by Crippen LogP contribution is 2.51. The van der Waals surface area contributed by atoms with Crippen LogP contribution in [0.15, 0.2) is 96.5 Å². The van der Waals surface area contributed by atoms with Crippen molar-refractivity contribution in [3.8, 4) is 23.6 Å². The van der Waals surface area contributed by atoms with Crippen molar-refractivity contribution in [3.05, 3.63) is 108 Å². The molecule has 1 aliphatic rings. The largest absolute Gasteiger partial charge is 0.497 e.